The molecule has 0 unspecified atom stereocenters. The van der Waals surface area contributed by atoms with Gasteiger partial charge >= 0.3 is 0 Å². The third-order valence-electron chi connectivity index (χ3n) is 3.35. The largest absolute Gasteiger partial charge is 0.398 e. The summed E-state index contributed by atoms with van der Waals surface area (Å²) >= 11 is 0. The first-order valence-corrected chi connectivity index (χ1v) is 6.80. The number of nitrogens with zero attached hydrogens (tertiary/aromatic N) is 3. The van der Waals surface area contributed by atoms with E-state index < -0.39 is 0 Å². The summed E-state index contributed by atoms with van der Waals surface area (Å²) in [6, 6.07) is 13.8. The molecule has 4 N–H and O–H groups in total. The molecule has 1 heterocycles. The molecule has 0 aliphatic rings. The predicted molar refractivity (Wildman–Crippen MR) is 89.5 cm³/mol. The highest BCUT2D eigenvalue weighted by atomic mass is 15.3. The Morgan fingerprint density at radius 2 is 1.55 bits per heavy atom. The van der Waals surface area contributed by atoms with Crippen molar-refractivity contribution < 1.29 is 0 Å². The summed E-state index contributed by atoms with van der Waals surface area (Å²) in [6.45, 7) is 0. The molecule has 5 nitrogen and oxygen atoms in total. The zero-order valence-electron chi connectivity index (χ0n) is 11.8. The molecule has 0 bridgehead atoms. The summed E-state index contributed by atoms with van der Waals surface area (Å²) in [5.74, 6) is 0. The van der Waals surface area contributed by atoms with Crippen LogP contribution in [-0.2, 0) is 0 Å². The number of hydrogen-bond donors (Lipinski definition) is 2. The van der Waals surface area contributed by atoms with Crippen molar-refractivity contribution in [3.8, 4) is 11.1 Å². The first kappa shape index (κ1) is 13.8. The van der Waals surface area contributed by atoms with Crippen LogP contribution in [0.1, 0.15) is 11.1 Å². The Labute approximate surface area is 128 Å². The van der Waals surface area contributed by atoms with Gasteiger partial charge in [0.1, 0.15) is 0 Å². The van der Waals surface area contributed by atoms with Crippen LogP contribution in [0, 0.1) is 0 Å². The van der Waals surface area contributed by atoms with Crippen LogP contribution in [0.25, 0.3) is 23.3 Å². The van der Waals surface area contributed by atoms with Gasteiger partial charge in [0.2, 0.25) is 0 Å². The van der Waals surface area contributed by atoms with Crippen LogP contribution in [-0.4, -0.2) is 15.4 Å². The molecule has 22 heavy (non-hydrogen) atoms. The minimum absolute atomic E-state index is 0.587. The minimum Gasteiger partial charge on any atom is -0.398 e. The van der Waals surface area contributed by atoms with Crippen molar-refractivity contribution in [3.05, 3.63) is 66.0 Å². The molecule has 0 aliphatic heterocycles. The third kappa shape index (κ3) is 2.78. The van der Waals surface area contributed by atoms with E-state index in [1.54, 1.807) is 12.4 Å². The summed E-state index contributed by atoms with van der Waals surface area (Å²) in [5, 5.41) is 11.1. The second-order valence-electron chi connectivity index (χ2n) is 4.81. The van der Waals surface area contributed by atoms with E-state index in [2.05, 4.69) is 15.4 Å². The van der Waals surface area contributed by atoms with E-state index in [0.29, 0.717) is 11.4 Å². The molecule has 5 heteroatoms. The van der Waals surface area contributed by atoms with Gasteiger partial charge < -0.3 is 11.5 Å². The average Bonchev–Trinajstić information content (AvgIpc) is 2.56. The van der Waals surface area contributed by atoms with Gasteiger partial charge in [-0.1, -0.05) is 48.6 Å². The summed E-state index contributed by atoms with van der Waals surface area (Å²) in [6.07, 6.45) is 7.17. The van der Waals surface area contributed by atoms with E-state index in [0.717, 1.165) is 22.3 Å². The van der Waals surface area contributed by atoms with Gasteiger partial charge in [0.05, 0.1) is 12.4 Å². The lowest BCUT2D eigenvalue weighted by Gasteiger charge is -2.11. The fourth-order valence-corrected chi connectivity index (χ4v) is 2.24. The smallest absolute Gasteiger partial charge is 0.0610 e. The third-order valence-corrected chi connectivity index (χ3v) is 3.35. The number of anilines is 2. The maximum Gasteiger partial charge on any atom is 0.0610 e. The van der Waals surface area contributed by atoms with E-state index in [9.17, 15) is 0 Å². The van der Waals surface area contributed by atoms with Crippen LogP contribution in [0.15, 0.2) is 54.9 Å². The number of benzene rings is 2. The van der Waals surface area contributed by atoms with Gasteiger partial charge in [-0.15, -0.1) is 10.2 Å². The summed E-state index contributed by atoms with van der Waals surface area (Å²) < 4.78 is 0. The van der Waals surface area contributed by atoms with E-state index in [4.69, 9.17) is 11.5 Å². The molecular weight excluding hydrogens is 274 g/mol. The topological polar surface area (TPSA) is 90.7 Å². The Morgan fingerprint density at radius 3 is 2.27 bits per heavy atom. The van der Waals surface area contributed by atoms with Crippen LogP contribution in [0.2, 0.25) is 0 Å². The molecule has 0 saturated carbocycles. The van der Waals surface area contributed by atoms with E-state index >= 15 is 0 Å². The standard InChI is InChI=1S/C17H15N5/c18-15-9-8-13(7-6-12-4-2-1-3-5-12)17(19)16(15)14-10-20-22-21-11-14/h1-11H,18-19H2. The van der Waals surface area contributed by atoms with Gasteiger partial charge in [-0.3, -0.25) is 0 Å². The molecule has 2 aromatic carbocycles. The fraction of sp³-hybridized carbons (Fsp3) is 0. The normalized spacial score (nSPS) is 10.9. The zero-order valence-corrected chi connectivity index (χ0v) is 11.8. The van der Waals surface area contributed by atoms with Crippen molar-refractivity contribution in [1.82, 2.24) is 15.4 Å². The van der Waals surface area contributed by atoms with Crippen molar-refractivity contribution in [2.75, 3.05) is 11.5 Å². The molecular formula is C17H15N5. The van der Waals surface area contributed by atoms with Gasteiger partial charge in [-0.05, 0) is 22.4 Å². The number of aromatic nitrogens is 3. The number of nitrogen functional groups attached to an aromatic ring is 2. The second-order valence-corrected chi connectivity index (χ2v) is 4.81. The molecule has 0 atom stereocenters. The molecule has 0 aliphatic carbocycles. The van der Waals surface area contributed by atoms with Gasteiger partial charge in [0.15, 0.2) is 0 Å². The number of hydrogen-bond acceptors (Lipinski definition) is 5. The van der Waals surface area contributed by atoms with Gasteiger partial charge in [-0.25, -0.2) is 0 Å². The highest BCUT2D eigenvalue weighted by Crippen LogP contribution is 2.34. The van der Waals surface area contributed by atoms with Crippen LogP contribution < -0.4 is 11.5 Å². The molecule has 0 amide bonds. The second kappa shape index (κ2) is 6.05. The molecule has 3 aromatic rings. The molecule has 1 aromatic heterocycles. The summed E-state index contributed by atoms with van der Waals surface area (Å²) in [7, 11) is 0. The van der Waals surface area contributed by atoms with Crippen LogP contribution in [0.5, 0.6) is 0 Å². The summed E-state index contributed by atoms with van der Waals surface area (Å²) in [4.78, 5) is 0. The Morgan fingerprint density at radius 1 is 0.818 bits per heavy atom. The van der Waals surface area contributed by atoms with Crippen molar-refractivity contribution in [2.24, 2.45) is 0 Å². The van der Waals surface area contributed by atoms with Crippen molar-refractivity contribution in [3.63, 3.8) is 0 Å². The molecule has 3 rings (SSSR count). The van der Waals surface area contributed by atoms with Crippen molar-refractivity contribution in [2.45, 2.75) is 0 Å². The molecule has 0 saturated heterocycles. The lowest BCUT2D eigenvalue weighted by molar-refractivity contribution is 0.867. The monoisotopic (exact) mass is 289 g/mol. The Hall–Kier alpha value is -3.21. The maximum absolute atomic E-state index is 6.27. The first-order valence-electron chi connectivity index (χ1n) is 6.80. The number of nitrogens with two attached hydrogens (primary N) is 2. The highest BCUT2D eigenvalue weighted by Gasteiger charge is 2.10. The van der Waals surface area contributed by atoms with Gasteiger partial charge in [0, 0.05) is 22.5 Å². The van der Waals surface area contributed by atoms with Crippen molar-refractivity contribution in [1.29, 1.82) is 0 Å². The highest BCUT2D eigenvalue weighted by molar-refractivity contribution is 5.92. The lowest BCUT2D eigenvalue weighted by Crippen LogP contribution is -2.00. The quantitative estimate of drug-likeness (QED) is 0.571. The molecule has 0 spiro atoms. The predicted octanol–water partition coefficient (Wildman–Crippen LogP) is 2.87. The van der Waals surface area contributed by atoms with Gasteiger partial charge in [0.25, 0.3) is 0 Å². The van der Waals surface area contributed by atoms with E-state index in [-0.39, 0.29) is 0 Å². The zero-order chi connectivity index (χ0) is 15.4. The maximum atomic E-state index is 6.27. The SMILES string of the molecule is Nc1ccc(C=Cc2ccccc2)c(N)c1-c1cnnnc1. The van der Waals surface area contributed by atoms with Gasteiger partial charge in [-0.2, -0.15) is 0 Å². The number of rotatable bonds is 3. The van der Waals surface area contributed by atoms with E-state index in [1.807, 2.05) is 54.6 Å². The Bertz CT molecular complexity index is 798. The minimum atomic E-state index is 0.587. The molecule has 108 valence electrons. The first-order chi connectivity index (χ1) is 10.8. The molecule has 0 fully saturated rings. The van der Waals surface area contributed by atoms with Crippen LogP contribution >= 0.6 is 0 Å². The molecule has 0 radical (unpaired) electrons. The lowest BCUT2D eigenvalue weighted by atomic mass is 10.00. The Kier molecular flexibility index (Phi) is 3.78. The van der Waals surface area contributed by atoms with E-state index in [1.165, 1.54) is 0 Å². The van der Waals surface area contributed by atoms with Crippen molar-refractivity contribution >= 4 is 23.5 Å². The van der Waals surface area contributed by atoms with Crippen LogP contribution in [0.3, 0.4) is 0 Å². The summed E-state index contributed by atoms with van der Waals surface area (Å²) in [5.41, 5.74) is 17.0. The van der Waals surface area contributed by atoms with Crippen LogP contribution in [0.4, 0.5) is 11.4 Å². The average molecular weight is 289 g/mol. The Balaban J connectivity index is 2.02. The fourth-order valence-electron chi connectivity index (χ4n) is 2.24.